The molecule has 4 heteroatoms. The van der Waals surface area contributed by atoms with Crippen molar-refractivity contribution in [3.8, 4) is 0 Å². The summed E-state index contributed by atoms with van der Waals surface area (Å²) in [4.78, 5) is 12.3. The van der Waals surface area contributed by atoms with Crippen LogP contribution in [0, 0.1) is 0 Å². The fourth-order valence-corrected chi connectivity index (χ4v) is 2.45. The number of hydrogen-bond donors (Lipinski definition) is 1. The Balaban J connectivity index is 2.25. The van der Waals surface area contributed by atoms with Crippen LogP contribution in [-0.4, -0.2) is 12.3 Å². The number of ketones is 1. The number of benzene rings is 1. The molecule has 1 aliphatic heterocycles. The molecule has 0 aromatic heterocycles. The fraction of sp³-hybridized carbons (Fsp3) is 0.214. The van der Waals surface area contributed by atoms with Gasteiger partial charge in [-0.25, -0.2) is 0 Å². The Bertz CT molecular complexity index is 535. The molecule has 1 atom stereocenters. The van der Waals surface area contributed by atoms with E-state index in [-0.39, 0.29) is 11.7 Å². The van der Waals surface area contributed by atoms with Gasteiger partial charge >= 0.3 is 0 Å². The number of Topliss-reactive ketones (excluding diaryl/α,β-unsaturated/α-hetero) is 1. The zero-order chi connectivity index (χ0) is 13.1. The molecule has 0 radical (unpaired) electrons. The Hall–Kier alpha value is -1.25. The normalized spacial score (nSPS) is 15.8. The first-order chi connectivity index (χ1) is 8.59. The minimum Gasteiger partial charge on any atom is -0.387 e. The fourth-order valence-electron chi connectivity index (χ4n) is 1.88. The highest BCUT2D eigenvalue weighted by molar-refractivity contribution is 6.35. The van der Waals surface area contributed by atoms with E-state index in [1.807, 2.05) is 13.0 Å². The molecule has 0 fully saturated rings. The summed E-state index contributed by atoms with van der Waals surface area (Å²) in [6.07, 6.45) is 5.44. The van der Waals surface area contributed by atoms with E-state index < -0.39 is 0 Å². The zero-order valence-electron chi connectivity index (χ0n) is 9.91. The van der Waals surface area contributed by atoms with Crippen LogP contribution in [0.3, 0.4) is 0 Å². The minimum atomic E-state index is -0.274. The van der Waals surface area contributed by atoms with Gasteiger partial charge in [-0.1, -0.05) is 42.3 Å². The van der Waals surface area contributed by atoms with Gasteiger partial charge in [-0.2, -0.15) is 0 Å². The van der Waals surface area contributed by atoms with Crippen LogP contribution in [0.1, 0.15) is 18.4 Å². The van der Waals surface area contributed by atoms with Crippen LogP contribution in [0.5, 0.6) is 0 Å². The largest absolute Gasteiger partial charge is 0.387 e. The predicted molar refractivity (Wildman–Crippen MR) is 75.1 cm³/mol. The summed E-state index contributed by atoms with van der Waals surface area (Å²) in [7, 11) is 0. The van der Waals surface area contributed by atoms with Gasteiger partial charge in [-0.15, -0.1) is 0 Å². The van der Waals surface area contributed by atoms with E-state index >= 15 is 0 Å². The molecule has 2 rings (SSSR count). The third kappa shape index (κ3) is 2.77. The second-order valence-electron chi connectivity index (χ2n) is 4.15. The van der Waals surface area contributed by atoms with Crippen molar-refractivity contribution in [3.05, 3.63) is 57.7 Å². The van der Waals surface area contributed by atoms with E-state index in [0.29, 0.717) is 22.2 Å². The highest BCUT2D eigenvalue weighted by Gasteiger charge is 2.20. The van der Waals surface area contributed by atoms with Gasteiger partial charge in [0.1, 0.15) is 0 Å². The molecule has 1 aliphatic rings. The molecule has 1 N–H and O–H groups in total. The summed E-state index contributed by atoms with van der Waals surface area (Å²) in [5, 5.41) is 4.12. The Labute approximate surface area is 116 Å². The summed E-state index contributed by atoms with van der Waals surface area (Å²) in [6, 6.07) is 5.21. The number of halogens is 2. The summed E-state index contributed by atoms with van der Waals surface area (Å²) >= 11 is 12.0. The Morgan fingerprint density at radius 3 is 2.78 bits per heavy atom. The SMILES string of the molecule is CC(C(=O)C1=CCNC=C1)c1ccc(Cl)cc1Cl. The number of nitrogens with one attached hydrogen (secondary N) is 1. The van der Waals surface area contributed by atoms with E-state index in [0.717, 1.165) is 5.56 Å². The molecule has 18 heavy (non-hydrogen) atoms. The third-order valence-electron chi connectivity index (χ3n) is 2.93. The van der Waals surface area contributed by atoms with Crippen LogP contribution >= 0.6 is 23.2 Å². The number of dihydropyridines is 1. The maximum absolute atomic E-state index is 12.3. The van der Waals surface area contributed by atoms with Crippen LogP contribution in [0.15, 0.2) is 42.1 Å². The first-order valence-electron chi connectivity index (χ1n) is 5.69. The molecule has 0 saturated carbocycles. The summed E-state index contributed by atoms with van der Waals surface area (Å²) in [5.41, 5.74) is 1.52. The maximum atomic E-state index is 12.3. The van der Waals surface area contributed by atoms with Gasteiger partial charge in [0.15, 0.2) is 5.78 Å². The lowest BCUT2D eigenvalue weighted by molar-refractivity contribution is -0.116. The monoisotopic (exact) mass is 281 g/mol. The molecule has 1 aromatic rings. The van der Waals surface area contributed by atoms with E-state index in [1.165, 1.54) is 0 Å². The molecule has 0 spiro atoms. The predicted octanol–water partition coefficient (Wildman–Crippen LogP) is 3.71. The van der Waals surface area contributed by atoms with Gasteiger partial charge in [-0.05, 0) is 30.0 Å². The second-order valence-corrected chi connectivity index (χ2v) is 5.00. The van der Waals surface area contributed by atoms with E-state index in [1.54, 1.807) is 30.5 Å². The smallest absolute Gasteiger partial charge is 0.169 e. The van der Waals surface area contributed by atoms with Crippen LogP contribution in [0.4, 0.5) is 0 Å². The first kappa shape index (κ1) is 13.2. The molecule has 0 aliphatic carbocycles. The molecule has 0 bridgehead atoms. The van der Waals surface area contributed by atoms with Crippen molar-refractivity contribution >= 4 is 29.0 Å². The number of carbonyl (C=O) groups excluding carboxylic acids is 1. The van der Waals surface area contributed by atoms with Crippen LogP contribution in [-0.2, 0) is 4.79 Å². The highest BCUT2D eigenvalue weighted by Crippen LogP contribution is 2.29. The number of allylic oxidation sites excluding steroid dienone is 2. The van der Waals surface area contributed by atoms with Crippen molar-refractivity contribution in [3.63, 3.8) is 0 Å². The average Bonchev–Trinajstić information content (AvgIpc) is 2.38. The molecule has 1 unspecified atom stereocenters. The lowest BCUT2D eigenvalue weighted by Gasteiger charge is -2.15. The lowest BCUT2D eigenvalue weighted by atomic mass is 9.91. The van der Waals surface area contributed by atoms with E-state index in [9.17, 15) is 4.79 Å². The van der Waals surface area contributed by atoms with Crippen molar-refractivity contribution in [1.29, 1.82) is 0 Å². The summed E-state index contributed by atoms with van der Waals surface area (Å²) < 4.78 is 0. The lowest BCUT2D eigenvalue weighted by Crippen LogP contribution is -2.17. The van der Waals surface area contributed by atoms with Crippen LogP contribution in [0.25, 0.3) is 0 Å². The van der Waals surface area contributed by atoms with Gasteiger partial charge in [0.2, 0.25) is 0 Å². The first-order valence-corrected chi connectivity index (χ1v) is 6.44. The Morgan fingerprint density at radius 1 is 1.39 bits per heavy atom. The number of carbonyl (C=O) groups is 1. The average molecular weight is 282 g/mol. The molecule has 2 nitrogen and oxygen atoms in total. The van der Waals surface area contributed by atoms with Crippen molar-refractivity contribution in [2.45, 2.75) is 12.8 Å². The molecule has 94 valence electrons. The van der Waals surface area contributed by atoms with Crippen LogP contribution < -0.4 is 5.32 Å². The quantitative estimate of drug-likeness (QED) is 0.915. The van der Waals surface area contributed by atoms with Gasteiger partial charge in [-0.3, -0.25) is 4.79 Å². The molecular weight excluding hydrogens is 269 g/mol. The van der Waals surface area contributed by atoms with Crippen molar-refractivity contribution in [2.24, 2.45) is 0 Å². The van der Waals surface area contributed by atoms with Crippen LogP contribution in [0.2, 0.25) is 10.0 Å². The highest BCUT2D eigenvalue weighted by atomic mass is 35.5. The van der Waals surface area contributed by atoms with E-state index in [4.69, 9.17) is 23.2 Å². The minimum absolute atomic E-state index is 0.0666. The third-order valence-corrected chi connectivity index (χ3v) is 3.49. The Kier molecular flexibility index (Phi) is 4.10. The number of rotatable bonds is 3. The molecule has 0 saturated heterocycles. The van der Waals surface area contributed by atoms with E-state index in [2.05, 4.69) is 5.32 Å². The van der Waals surface area contributed by atoms with Gasteiger partial charge < -0.3 is 5.32 Å². The second kappa shape index (κ2) is 5.59. The topological polar surface area (TPSA) is 29.1 Å². The molecular formula is C14H13Cl2NO. The van der Waals surface area contributed by atoms with Crippen molar-refractivity contribution < 1.29 is 4.79 Å². The summed E-state index contributed by atoms with van der Waals surface area (Å²) in [6.45, 7) is 2.53. The molecule has 0 amide bonds. The molecule has 1 aromatic carbocycles. The standard InChI is InChI=1S/C14H13Cl2NO/c1-9(12-3-2-11(15)8-13(12)16)14(18)10-4-6-17-7-5-10/h2-6,8-9,17H,7H2,1H3. The van der Waals surface area contributed by atoms with Gasteiger partial charge in [0.05, 0.1) is 0 Å². The number of hydrogen-bond acceptors (Lipinski definition) is 2. The zero-order valence-corrected chi connectivity index (χ0v) is 11.4. The Morgan fingerprint density at radius 2 is 2.17 bits per heavy atom. The van der Waals surface area contributed by atoms with Gasteiger partial charge in [0, 0.05) is 28.1 Å². The molecule has 1 heterocycles. The maximum Gasteiger partial charge on any atom is 0.169 e. The van der Waals surface area contributed by atoms with Gasteiger partial charge in [0.25, 0.3) is 0 Å². The summed E-state index contributed by atoms with van der Waals surface area (Å²) in [5.74, 6) is -0.208. The van der Waals surface area contributed by atoms with Crippen molar-refractivity contribution in [1.82, 2.24) is 5.32 Å². The van der Waals surface area contributed by atoms with Crippen molar-refractivity contribution in [2.75, 3.05) is 6.54 Å².